The summed E-state index contributed by atoms with van der Waals surface area (Å²) in [6.07, 6.45) is 5.21. The Kier molecular flexibility index (Phi) is 5.16. The fraction of sp³-hybridized carbons (Fsp3) is 0. The molecule has 0 saturated carbocycles. The molecule has 0 aliphatic heterocycles. The topological polar surface area (TPSA) is 26.3 Å². The molecule has 0 saturated heterocycles. The van der Waals surface area contributed by atoms with Crippen molar-refractivity contribution in [1.82, 2.24) is 0 Å². The normalized spacial score (nSPS) is 10.0. The van der Waals surface area contributed by atoms with E-state index in [0.29, 0.717) is 5.56 Å². The molecule has 0 spiro atoms. The molecule has 2 aromatic rings. The molecule has 0 atom stereocenters. The summed E-state index contributed by atoms with van der Waals surface area (Å²) in [6.45, 7) is 0. The summed E-state index contributed by atoms with van der Waals surface area (Å²) in [6, 6.07) is 7.28. The molecular formula is C15H6F2I2O2. The summed E-state index contributed by atoms with van der Waals surface area (Å²) >= 11 is 3.41. The maximum absolute atomic E-state index is 13.9. The number of carbonyl (C=O) groups excluding carboxylic acids is 1. The lowest BCUT2D eigenvalue weighted by atomic mass is 10.1. The molecule has 21 heavy (non-hydrogen) atoms. The number of terminal acetylenes is 1. The van der Waals surface area contributed by atoms with E-state index in [0.717, 1.165) is 0 Å². The van der Waals surface area contributed by atoms with Crippen LogP contribution in [-0.2, 0) is 0 Å². The highest BCUT2D eigenvalue weighted by atomic mass is 127. The van der Waals surface area contributed by atoms with Crippen LogP contribution >= 0.6 is 45.2 Å². The van der Waals surface area contributed by atoms with Crippen molar-refractivity contribution < 1.29 is 18.3 Å². The van der Waals surface area contributed by atoms with Crippen LogP contribution in [-0.4, -0.2) is 5.97 Å². The van der Waals surface area contributed by atoms with Crippen LogP contribution in [0.25, 0.3) is 0 Å². The second-order valence-corrected chi connectivity index (χ2v) is 6.23. The average molecular weight is 510 g/mol. The standard InChI is InChI=1S/C15H6F2I2O2/c1-2-8-3-5-9(6-4-8)15(20)21-14-12(16)10(18)7-11(19)13(14)17/h1,3-7H. The maximum Gasteiger partial charge on any atom is 0.343 e. The van der Waals surface area contributed by atoms with Crippen LogP contribution in [0.3, 0.4) is 0 Å². The second kappa shape index (κ2) is 6.70. The van der Waals surface area contributed by atoms with Gasteiger partial charge in [-0.1, -0.05) is 5.92 Å². The van der Waals surface area contributed by atoms with Crippen molar-refractivity contribution in [2.45, 2.75) is 0 Å². The monoisotopic (exact) mass is 510 g/mol. The van der Waals surface area contributed by atoms with E-state index in [-0.39, 0.29) is 12.7 Å². The van der Waals surface area contributed by atoms with Crippen LogP contribution < -0.4 is 4.74 Å². The van der Waals surface area contributed by atoms with Crippen molar-refractivity contribution in [2.24, 2.45) is 0 Å². The van der Waals surface area contributed by atoms with E-state index < -0.39 is 23.4 Å². The van der Waals surface area contributed by atoms with Crippen molar-refractivity contribution in [2.75, 3.05) is 0 Å². The Bertz CT molecular complexity index is 723. The van der Waals surface area contributed by atoms with E-state index in [1.807, 2.05) is 0 Å². The number of carbonyl (C=O) groups is 1. The van der Waals surface area contributed by atoms with Gasteiger partial charge in [-0.05, 0) is 75.5 Å². The van der Waals surface area contributed by atoms with Gasteiger partial charge in [0.15, 0.2) is 11.6 Å². The van der Waals surface area contributed by atoms with Crippen molar-refractivity contribution in [3.8, 4) is 18.1 Å². The Morgan fingerprint density at radius 3 is 2.10 bits per heavy atom. The van der Waals surface area contributed by atoms with E-state index in [4.69, 9.17) is 11.2 Å². The zero-order valence-corrected chi connectivity index (χ0v) is 14.6. The molecule has 2 nitrogen and oxygen atoms in total. The van der Waals surface area contributed by atoms with Crippen LogP contribution in [0.4, 0.5) is 8.78 Å². The van der Waals surface area contributed by atoms with Gasteiger partial charge in [0.1, 0.15) is 0 Å². The molecule has 0 bridgehead atoms. The zero-order chi connectivity index (χ0) is 15.6. The van der Waals surface area contributed by atoms with Crippen molar-refractivity contribution >= 4 is 51.2 Å². The van der Waals surface area contributed by atoms with Gasteiger partial charge in [-0.25, -0.2) is 13.6 Å². The van der Waals surface area contributed by atoms with Crippen molar-refractivity contribution in [3.05, 3.63) is 60.2 Å². The molecule has 0 aliphatic carbocycles. The molecule has 0 aromatic heterocycles. The minimum atomic E-state index is -0.901. The SMILES string of the molecule is C#Cc1ccc(C(=O)Oc2c(F)c(I)cc(I)c2F)cc1. The van der Waals surface area contributed by atoms with Crippen LogP contribution in [0.1, 0.15) is 15.9 Å². The smallest absolute Gasteiger partial charge is 0.343 e. The van der Waals surface area contributed by atoms with Gasteiger partial charge in [0, 0.05) is 5.56 Å². The van der Waals surface area contributed by atoms with Gasteiger partial charge in [-0.3, -0.25) is 0 Å². The lowest BCUT2D eigenvalue weighted by molar-refractivity contribution is 0.0719. The number of rotatable bonds is 2. The number of halogens is 4. The van der Waals surface area contributed by atoms with Gasteiger partial charge < -0.3 is 4.74 Å². The molecule has 106 valence electrons. The number of benzene rings is 2. The van der Waals surface area contributed by atoms with Gasteiger partial charge in [0.25, 0.3) is 0 Å². The first kappa shape index (κ1) is 16.2. The van der Waals surface area contributed by atoms with Crippen molar-refractivity contribution in [3.63, 3.8) is 0 Å². The Hall–Kier alpha value is -1.21. The molecule has 0 N–H and O–H groups in total. The second-order valence-electron chi connectivity index (χ2n) is 3.91. The molecule has 0 radical (unpaired) electrons. The first-order chi connectivity index (χ1) is 9.93. The quantitative estimate of drug-likeness (QED) is 0.197. The molecule has 0 heterocycles. The van der Waals surface area contributed by atoms with E-state index >= 15 is 0 Å². The predicted octanol–water partition coefficient (Wildman–Crippen LogP) is 4.37. The fourth-order valence-corrected chi connectivity index (χ4v) is 3.20. The van der Waals surface area contributed by atoms with Gasteiger partial charge in [0.05, 0.1) is 12.7 Å². The van der Waals surface area contributed by atoms with Gasteiger partial charge in [-0.2, -0.15) is 0 Å². The lowest BCUT2D eigenvalue weighted by Gasteiger charge is -2.09. The first-order valence-corrected chi connectivity index (χ1v) is 7.71. The Labute approximate surface area is 147 Å². The highest BCUT2D eigenvalue weighted by molar-refractivity contribution is 14.1. The molecule has 0 fully saturated rings. The number of esters is 1. The van der Waals surface area contributed by atoms with Gasteiger partial charge in [0.2, 0.25) is 5.75 Å². The zero-order valence-electron chi connectivity index (χ0n) is 10.3. The van der Waals surface area contributed by atoms with Crippen molar-refractivity contribution in [1.29, 1.82) is 0 Å². The number of hydrogen-bond donors (Lipinski definition) is 0. The van der Waals surface area contributed by atoms with Crippen LogP contribution in [0.15, 0.2) is 30.3 Å². The summed E-state index contributed by atoms with van der Waals surface area (Å²) in [5.41, 5.74) is 0.745. The fourth-order valence-electron chi connectivity index (χ4n) is 1.50. The summed E-state index contributed by atoms with van der Waals surface area (Å²) in [5, 5.41) is 0. The third kappa shape index (κ3) is 3.52. The molecule has 0 amide bonds. The minimum Gasteiger partial charge on any atom is -0.417 e. The highest BCUT2D eigenvalue weighted by Gasteiger charge is 2.21. The van der Waals surface area contributed by atoms with E-state index in [2.05, 4.69) is 5.92 Å². The maximum atomic E-state index is 13.9. The van der Waals surface area contributed by atoms with E-state index in [9.17, 15) is 13.6 Å². The highest BCUT2D eigenvalue weighted by Crippen LogP contribution is 2.30. The largest absolute Gasteiger partial charge is 0.417 e. The summed E-state index contributed by atoms with van der Waals surface area (Å²) in [5.74, 6) is -0.949. The van der Waals surface area contributed by atoms with Gasteiger partial charge >= 0.3 is 5.97 Å². The number of hydrogen-bond acceptors (Lipinski definition) is 2. The molecule has 0 aliphatic rings. The summed E-state index contributed by atoms with van der Waals surface area (Å²) in [7, 11) is 0. The van der Waals surface area contributed by atoms with E-state index in [1.54, 1.807) is 57.3 Å². The predicted molar refractivity (Wildman–Crippen MR) is 91.1 cm³/mol. The minimum absolute atomic E-state index is 0.154. The molecule has 2 aromatic carbocycles. The molecule has 0 unspecified atom stereocenters. The Morgan fingerprint density at radius 2 is 1.62 bits per heavy atom. The van der Waals surface area contributed by atoms with Crippen LogP contribution in [0, 0.1) is 31.1 Å². The summed E-state index contributed by atoms with van der Waals surface area (Å²) < 4.78 is 33.0. The Balaban J connectivity index is 2.33. The van der Waals surface area contributed by atoms with Crippen LogP contribution in [0.2, 0.25) is 0 Å². The third-order valence-corrected chi connectivity index (χ3v) is 4.12. The molecular weight excluding hydrogens is 504 g/mol. The summed E-state index contributed by atoms with van der Waals surface area (Å²) in [4.78, 5) is 11.9. The molecule has 2 rings (SSSR count). The average Bonchev–Trinajstić information content (AvgIpc) is 2.49. The lowest BCUT2D eigenvalue weighted by Crippen LogP contribution is -2.12. The Morgan fingerprint density at radius 1 is 1.10 bits per heavy atom. The van der Waals surface area contributed by atoms with E-state index in [1.165, 1.54) is 18.2 Å². The third-order valence-electron chi connectivity index (χ3n) is 2.55. The van der Waals surface area contributed by atoms with Gasteiger partial charge in [-0.15, -0.1) is 6.42 Å². The number of ether oxygens (including phenoxy) is 1. The van der Waals surface area contributed by atoms with Crippen LogP contribution in [0.5, 0.6) is 5.75 Å². The molecule has 6 heteroatoms. The first-order valence-electron chi connectivity index (χ1n) is 5.56.